The summed E-state index contributed by atoms with van der Waals surface area (Å²) in [5.74, 6) is 0.837. The van der Waals surface area contributed by atoms with Crippen molar-refractivity contribution in [3.63, 3.8) is 0 Å². The lowest BCUT2D eigenvalue weighted by atomic mass is 10.0. The molecule has 0 saturated carbocycles. The number of ether oxygens (including phenoxy) is 2. The predicted octanol–water partition coefficient (Wildman–Crippen LogP) is 3.62. The Labute approximate surface area is 135 Å². The van der Waals surface area contributed by atoms with Gasteiger partial charge in [0.2, 0.25) is 0 Å². The molecule has 0 aliphatic rings. The van der Waals surface area contributed by atoms with E-state index in [2.05, 4.69) is 5.16 Å². The van der Waals surface area contributed by atoms with Gasteiger partial charge in [0.05, 0.1) is 7.11 Å². The van der Waals surface area contributed by atoms with Crippen LogP contribution in [0, 0.1) is 13.8 Å². The molecule has 0 aliphatic heterocycles. The summed E-state index contributed by atoms with van der Waals surface area (Å²) in [4.78, 5) is 16.7. The number of hydrogen-bond donors (Lipinski definition) is 0. The van der Waals surface area contributed by atoms with Crippen LogP contribution in [0.3, 0.4) is 0 Å². The maximum atomic E-state index is 11.9. The lowest BCUT2D eigenvalue weighted by molar-refractivity contribution is -0.132. The smallest absolute Gasteiger partial charge is 0.360 e. The number of oxime groups is 1. The third-order valence-electron chi connectivity index (χ3n) is 3.41. The van der Waals surface area contributed by atoms with E-state index in [0.29, 0.717) is 11.3 Å². The number of nitrogens with zero attached hydrogens (tertiary/aromatic N) is 1. The molecule has 2 rings (SSSR count). The number of methoxy groups -OCH3 is 1. The van der Waals surface area contributed by atoms with Crippen molar-refractivity contribution in [1.29, 1.82) is 0 Å². The molecule has 0 N–H and O–H groups in total. The highest BCUT2D eigenvalue weighted by atomic mass is 16.6. The fourth-order valence-corrected chi connectivity index (χ4v) is 2.16. The van der Waals surface area contributed by atoms with E-state index in [-0.39, 0.29) is 5.71 Å². The molecule has 0 radical (unpaired) electrons. The summed E-state index contributed by atoms with van der Waals surface area (Å²) >= 11 is 0. The zero-order valence-electron chi connectivity index (χ0n) is 13.6. The van der Waals surface area contributed by atoms with E-state index in [4.69, 9.17) is 14.3 Å². The topological polar surface area (TPSA) is 57.1 Å². The van der Waals surface area contributed by atoms with Crippen molar-refractivity contribution in [3.05, 3.63) is 59.2 Å². The molecular weight excluding hydrogens is 294 g/mol. The largest absolute Gasteiger partial charge is 0.464 e. The van der Waals surface area contributed by atoms with Gasteiger partial charge in [-0.1, -0.05) is 35.5 Å². The second-order valence-corrected chi connectivity index (χ2v) is 4.91. The third kappa shape index (κ3) is 3.69. The molecule has 0 spiro atoms. The Hall–Kier alpha value is -2.82. The monoisotopic (exact) mass is 313 g/mol. The van der Waals surface area contributed by atoms with Crippen LogP contribution in [0.2, 0.25) is 0 Å². The number of rotatable bonds is 5. The van der Waals surface area contributed by atoms with Gasteiger partial charge in [0, 0.05) is 11.1 Å². The molecule has 5 nitrogen and oxygen atoms in total. The van der Waals surface area contributed by atoms with E-state index in [1.165, 1.54) is 14.2 Å². The summed E-state index contributed by atoms with van der Waals surface area (Å²) in [6.45, 7) is 3.83. The van der Waals surface area contributed by atoms with Crippen molar-refractivity contribution < 1.29 is 19.1 Å². The van der Waals surface area contributed by atoms with Gasteiger partial charge in [-0.25, -0.2) is 4.79 Å². The van der Waals surface area contributed by atoms with Gasteiger partial charge in [-0.2, -0.15) is 0 Å². The first-order chi connectivity index (χ1) is 11.1. The van der Waals surface area contributed by atoms with Gasteiger partial charge < -0.3 is 14.3 Å². The Morgan fingerprint density at radius 2 is 1.65 bits per heavy atom. The molecule has 0 saturated heterocycles. The van der Waals surface area contributed by atoms with Gasteiger partial charge in [0.1, 0.15) is 18.6 Å². The maximum Gasteiger partial charge on any atom is 0.360 e. The molecule has 0 bridgehead atoms. The van der Waals surface area contributed by atoms with Crippen molar-refractivity contribution in [2.24, 2.45) is 5.16 Å². The van der Waals surface area contributed by atoms with Crippen LogP contribution in [0.5, 0.6) is 11.5 Å². The van der Waals surface area contributed by atoms with E-state index in [0.717, 1.165) is 16.9 Å². The second kappa shape index (κ2) is 7.45. The van der Waals surface area contributed by atoms with Crippen molar-refractivity contribution in [1.82, 2.24) is 0 Å². The highest BCUT2D eigenvalue weighted by molar-refractivity contribution is 6.43. The quantitative estimate of drug-likeness (QED) is 0.480. The van der Waals surface area contributed by atoms with E-state index < -0.39 is 5.97 Å². The van der Waals surface area contributed by atoms with Crippen molar-refractivity contribution >= 4 is 11.7 Å². The van der Waals surface area contributed by atoms with E-state index >= 15 is 0 Å². The van der Waals surface area contributed by atoms with Crippen LogP contribution in [0.25, 0.3) is 0 Å². The number of para-hydroxylation sites is 1. The molecule has 0 amide bonds. The average Bonchev–Trinajstić information content (AvgIpc) is 2.56. The molecule has 0 aromatic heterocycles. The number of carbonyl (C=O) groups excluding carboxylic acids is 1. The van der Waals surface area contributed by atoms with Gasteiger partial charge in [-0.05, 0) is 31.5 Å². The molecule has 0 fully saturated rings. The Balaban J connectivity index is 2.44. The zero-order chi connectivity index (χ0) is 16.8. The molecule has 0 aliphatic carbocycles. The van der Waals surface area contributed by atoms with Gasteiger partial charge in [-0.15, -0.1) is 0 Å². The summed E-state index contributed by atoms with van der Waals surface area (Å²) < 4.78 is 10.7. The molecule has 23 heavy (non-hydrogen) atoms. The van der Waals surface area contributed by atoms with Crippen LogP contribution in [-0.4, -0.2) is 25.9 Å². The average molecular weight is 313 g/mol. The van der Waals surface area contributed by atoms with Crippen LogP contribution in [-0.2, 0) is 14.4 Å². The Morgan fingerprint density at radius 3 is 2.30 bits per heavy atom. The number of hydrogen-bond acceptors (Lipinski definition) is 5. The molecule has 0 heterocycles. The standard InChI is InChI=1S/C18H19NO4/c1-12-8-5-6-10-15(12)23-16-11-7-9-14(13(16)2)17(19-22-4)18(20)21-3/h5-11H,1-4H3/b19-17-. The normalized spacial score (nSPS) is 11.0. The number of benzene rings is 2. The SMILES string of the molecule is CO/N=C(\C(=O)OC)c1cccc(Oc2ccccc2C)c1C. The van der Waals surface area contributed by atoms with Crippen molar-refractivity contribution in [2.45, 2.75) is 13.8 Å². The first-order valence-electron chi connectivity index (χ1n) is 7.11. The molecular formula is C18H19NO4. The summed E-state index contributed by atoms with van der Waals surface area (Å²) in [6, 6.07) is 13.1. The van der Waals surface area contributed by atoms with Crippen LogP contribution >= 0.6 is 0 Å². The molecule has 0 unspecified atom stereocenters. The van der Waals surface area contributed by atoms with Crippen LogP contribution < -0.4 is 4.74 Å². The fraction of sp³-hybridized carbons (Fsp3) is 0.222. The van der Waals surface area contributed by atoms with Crippen molar-refractivity contribution in [2.75, 3.05) is 14.2 Å². The van der Waals surface area contributed by atoms with E-state index in [9.17, 15) is 4.79 Å². The fourth-order valence-electron chi connectivity index (χ4n) is 2.16. The minimum atomic E-state index is -0.567. The minimum absolute atomic E-state index is 0.0998. The van der Waals surface area contributed by atoms with E-state index in [1.807, 2.05) is 44.2 Å². The van der Waals surface area contributed by atoms with Gasteiger partial charge in [0.25, 0.3) is 0 Å². The van der Waals surface area contributed by atoms with Gasteiger partial charge in [-0.3, -0.25) is 0 Å². The van der Waals surface area contributed by atoms with Crippen LogP contribution in [0.15, 0.2) is 47.6 Å². The minimum Gasteiger partial charge on any atom is -0.464 e. The number of carbonyl (C=O) groups is 1. The summed E-state index contributed by atoms with van der Waals surface area (Å²) in [5, 5.41) is 3.78. The van der Waals surface area contributed by atoms with E-state index in [1.54, 1.807) is 12.1 Å². The van der Waals surface area contributed by atoms with Crippen LogP contribution in [0.1, 0.15) is 16.7 Å². The predicted molar refractivity (Wildman–Crippen MR) is 88.0 cm³/mol. The summed E-state index contributed by atoms with van der Waals surface area (Å²) in [7, 11) is 2.68. The lowest BCUT2D eigenvalue weighted by Crippen LogP contribution is -2.18. The van der Waals surface area contributed by atoms with Gasteiger partial charge >= 0.3 is 5.97 Å². The summed E-state index contributed by atoms with van der Waals surface area (Å²) in [6.07, 6.45) is 0. The lowest BCUT2D eigenvalue weighted by Gasteiger charge is -2.14. The van der Waals surface area contributed by atoms with Crippen molar-refractivity contribution in [3.8, 4) is 11.5 Å². The molecule has 120 valence electrons. The number of aryl methyl sites for hydroxylation is 1. The molecule has 2 aromatic carbocycles. The highest BCUT2D eigenvalue weighted by Crippen LogP contribution is 2.29. The Bertz CT molecular complexity index is 738. The number of esters is 1. The zero-order valence-corrected chi connectivity index (χ0v) is 13.6. The Kier molecular flexibility index (Phi) is 5.36. The highest BCUT2D eigenvalue weighted by Gasteiger charge is 2.20. The van der Waals surface area contributed by atoms with Gasteiger partial charge in [0.15, 0.2) is 5.71 Å². The maximum absolute atomic E-state index is 11.9. The third-order valence-corrected chi connectivity index (χ3v) is 3.41. The molecule has 0 atom stereocenters. The Morgan fingerprint density at radius 1 is 0.957 bits per heavy atom. The molecule has 2 aromatic rings. The first-order valence-corrected chi connectivity index (χ1v) is 7.11. The van der Waals surface area contributed by atoms with Crippen LogP contribution in [0.4, 0.5) is 0 Å². The summed E-state index contributed by atoms with van der Waals surface area (Å²) in [5.41, 5.74) is 2.50. The molecule has 5 heteroatoms. The second-order valence-electron chi connectivity index (χ2n) is 4.91. The first kappa shape index (κ1) is 16.5.